The lowest BCUT2D eigenvalue weighted by molar-refractivity contribution is 0.861. The third kappa shape index (κ3) is 2.98. The Hall–Kier alpha value is -1.77. The molecular formula is C16H23N3. The molecule has 0 unspecified atom stereocenters. The van der Waals surface area contributed by atoms with Crippen LogP contribution in [-0.2, 0) is 0 Å². The topological polar surface area (TPSA) is 28.2 Å². The normalized spacial score (nSPS) is 10.7. The number of hydrogen-bond donors (Lipinski definition) is 1. The van der Waals surface area contributed by atoms with Crippen LogP contribution in [-0.4, -0.2) is 24.6 Å². The second kappa shape index (κ2) is 6.41. The highest BCUT2D eigenvalue weighted by atomic mass is 15.2. The Kier molecular flexibility index (Phi) is 4.61. The lowest BCUT2D eigenvalue weighted by Crippen LogP contribution is -2.23. The van der Waals surface area contributed by atoms with Crippen molar-refractivity contribution in [3.8, 4) is 0 Å². The van der Waals surface area contributed by atoms with Crippen LogP contribution in [0.25, 0.3) is 10.9 Å². The van der Waals surface area contributed by atoms with E-state index in [9.17, 15) is 0 Å². The molecule has 0 aliphatic carbocycles. The third-order valence-corrected chi connectivity index (χ3v) is 3.35. The van der Waals surface area contributed by atoms with Crippen molar-refractivity contribution in [2.45, 2.75) is 27.2 Å². The van der Waals surface area contributed by atoms with Crippen LogP contribution < -0.4 is 10.2 Å². The zero-order valence-corrected chi connectivity index (χ0v) is 12.1. The predicted octanol–water partition coefficient (Wildman–Crippen LogP) is 3.90. The summed E-state index contributed by atoms with van der Waals surface area (Å²) in [7, 11) is 0. The van der Waals surface area contributed by atoms with E-state index in [0.29, 0.717) is 0 Å². The van der Waals surface area contributed by atoms with Gasteiger partial charge in [0.2, 0.25) is 0 Å². The standard InChI is InChI=1S/C16H23N3/c1-4-11-17-16-15(19(5-2)6-3)12-13-9-7-8-10-14(13)18-16/h7-10,12H,4-6,11H2,1-3H3,(H,17,18). The van der Waals surface area contributed by atoms with Crippen LogP contribution in [0.5, 0.6) is 0 Å². The van der Waals surface area contributed by atoms with E-state index in [-0.39, 0.29) is 0 Å². The predicted molar refractivity (Wildman–Crippen MR) is 84.1 cm³/mol. The van der Waals surface area contributed by atoms with Gasteiger partial charge in [-0.15, -0.1) is 0 Å². The Morgan fingerprint density at radius 2 is 1.84 bits per heavy atom. The molecule has 0 fully saturated rings. The van der Waals surface area contributed by atoms with E-state index >= 15 is 0 Å². The molecule has 0 aliphatic heterocycles. The first-order valence-corrected chi connectivity index (χ1v) is 7.18. The van der Waals surface area contributed by atoms with Gasteiger partial charge in [-0.2, -0.15) is 0 Å². The van der Waals surface area contributed by atoms with Gasteiger partial charge in [-0.3, -0.25) is 0 Å². The molecule has 102 valence electrons. The molecule has 0 aliphatic rings. The highest BCUT2D eigenvalue weighted by molar-refractivity contribution is 5.87. The van der Waals surface area contributed by atoms with Gasteiger partial charge in [-0.1, -0.05) is 25.1 Å². The molecule has 3 heteroatoms. The first-order chi connectivity index (χ1) is 9.30. The second-order valence-corrected chi connectivity index (χ2v) is 4.65. The molecule has 2 aromatic rings. The summed E-state index contributed by atoms with van der Waals surface area (Å²) in [5.41, 5.74) is 2.26. The maximum absolute atomic E-state index is 4.78. The largest absolute Gasteiger partial charge is 0.369 e. The van der Waals surface area contributed by atoms with Crippen molar-refractivity contribution in [1.82, 2.24) is 4.98 Å². The van der Waals surface area contributed by atoms with E-state index in [1.54, 1.807) is 0 Å². The molecular weight excluding hydrogens is 234 g/mol. The van der Waals surface area contributed by atoms with Crippen molar-refractivity contribution < 1.29 is 0 Å². The minimum atomic E-state index is 0.958. The van der Waals surface area contributed by atoms with Crippen molar-refractivity contribution in [2.75, 3.05) is 29.9 Å². The highest BCUT2D eigenvalue weighted by Crippen LogP contribution is 2.28. The molecule has 0 bridgehead atoms. The first-order valence-electron chi connectivity index (χ1n) is 7.18. The number of anilines is 2. The second-order valence-electron chi connectivity index (χ2n) is 4.65. The summed E-state index contributed by atoms with van der Waals surface area (Å²) >= 11 is 0. The van der Waals surface area contributed by atoms with Gasteiger partial charge in [0.15, 0.2) is 0 Å². The number of para-hydroxylation sites is 1. The average Bonchev–Trinajstić information content (AvgIpc) is 2.46. The average molecular weight is 257 g/mol. The van der Waals surface area contributed by atoms with Crippen LogP contribution in [0.4, 0.5) is 11.5 Å². The third-order valence-electron chi connectivity index (χ3n) is 3.35. The molecule has 3 nitrogen and oxygen atoms in total. The van der Waals surface area contributed by atoms with E-state index in [1.807, 2.05) is 6.07 Å². The number of rotatable bonds is 6. The lowest BCUT2D eigenvalue weighted by Gasteiger charge is -2.24. The SMILES string of the molecule is CCCNc1nc2ccccc2cc1N(CC)CC. The maximum atomic E-state index is 4.78. The van der Waals surface area contributed by atoms with Gasteiger partial charge < -0.3 is 10.2 Å². The maximum Gasteiger partial charge on any atom is 0.150 e. The van der Waals surface area contributed by atoms with E-state index in [2.05, 4.69) is 55.3 Å². The summed E-state index contributed by atoms with van der Waals surface area (Å²) < 4.78 is 0. The van der Waals surface area contributed by atoms with Gasteiger partial charge in [0.1, 0.15) is 5.82 Å². The molecule has 0 spiro atoms. The zero-order valence-electron chi connectivity index (χ0n) is 12.1. The summed E-state index contributed by atoms with van der Waals surface area (Å²) in [6.07, 6.45) is 1.10. The summed E-state index contributed by atoms with van der Waals surface area (Å²) in [6, 6.07) is 10.5. The molecule has 0 radical (unpaired) electrons. The van der Waals surface area contributed by atoms with Crippen molar-refractivity contribution in [2.24, 2.45) is 0 Å². The van der Waals surface area contributed by atoms with Crippen molar-refractivity contribution in [3.05, 3.63) is 30.3 Å². The molecule has 1 N–H and O–H groups in total. The van der Waals surface area contributed by atoms with Crippen LogP contribution in [0.1, 0.15) is 27.2 Å². The molecule has 0 atom stereocenters. The number of benzene rings is 1. The summed E-state index contributed by atoms with van der Waals surface area (Å²) in [5.74, 6) is 1.00. The van der Waals surface area contributed by atoms with Crippen molar-refractivity contribution in [1.29, 1.82) is 0 Å². The number of hydrogen-bond acceptors (Lipinski definition) is 3. The number of nitrogens with one attached hydrogen (secondary N) is 1. The summed E-state index contributed by atoms with van der Waals surface area (Å²) in [5, 5.41) is 4.65. The minimum Gasteiger partial charge on any atom is -0.369 e. The molecule has 1 aromatic heterocycles. The van der Waals surface area contributed by atoms with E-state index < -0.39 is 0 Å². The van der Waals surface area contributed by atoms with Crippen LogP contribution in [0, 0.1) is 0 Å². The highest BCUT2D eigenvalue weighted by Gasteiger charge is 2.11. The molecule has 1 aromatic carbocycles. The van der Waals surface area contributed by atoms with Gasteiger partial charge in [0, 0.05) is 25.0 Å². The Balaban J connectivity index is 2.49. The quantitative estimate of drug-likeness (QED) is 0.850. The van der Waals surface area contributed by atoms with E-state index in [1.165, 1.54) is 11.1 Å². The fourth-order valence-corrected chi connectivity index (χ4v) is 2.28. The van der Waals surface area contributed by atoms with Crippen molar-refractivity contribution >= 4 is 22.4 Å². The summed E-state index contributed by atoms with van der Waals surface area (Å²) in [4.78, 5) is 7.12. The molecule has 0 saturated carbocycles. The molecule has 0 saturated heterocycles. The molecule has 1 heterocycles. The summed E-state index contributed by atoms with van der Waals surface area (Å²) in [6.45, 7) is 9.49. The first kappa shape index (κ1) is 13.7. The number of nitrogens with zero attached hydrogens (tertiary/aromatic N) is 2. The lowest BCUT2D eigenvalue weighted by atomic mass is 10.2. The van der Waals surface area contributed by atoms with Crippen LogP contribution in [0.2, 0.25) is 0 Å². The van der Waals surface area contributed by atoms with E-state index in [4.69, 9.17) is 4.98 Å². The smallest absolute Gasteiger partial charge is 0.150 e. The number of fused-ring (bicyclic) bond motifs is 1. The fourth-order valence-electron chi connectivity index (χ4n) is 2.28. The number of aromatic nitrogens is 1. The Morgan fingerprint density at radius 1 is 1.11 bits per heavy atom. The molecule has 2 rings (SSSR count). The van der Waals surface area contributed by atoms with Crippen LogP contribution in [0.3, 0.4) is 0 Å². The van der Waals surface area contributed by atoms with Gasteiger partial charge in [0.05, 0.1) is 11.2 Å². The molecule has 19 heavy (non-hydrogen) atoms. The zero-order chi connectivity index (χ0) is 13.7. The Morgan fingerprint density at radius 3 is 2.53 bits per heavy atom. The van der Waals surface area contributed by atoms with E-state index in [0.717, 1.165) is 37.4 Å². The van der Waals surface area contributed by atoms with Crippen LogP contribution in [0.15, 0.2) is 30.3 Å². The van der Waals surface area contributed by atoms with Crippen molar-refractivity contribution in [3.63, 3.8) is 0 Å². The van der Waals surface area contributed by atoms with Gasteiger partial charge in [-0.25, -0.2) is 4.98 Å². The van der Waals surface area contributed by atoms with Gasteiger partial charge in [0.25, 0.3) is 0 Å². The van der Waals surface area contributed by atoms with Gasteiger partial charge in [-0.05, 0) is 32.4 Å². The Labute approximate surface area is 115 Å². The fraction of sp³-hybridized carbons (Fsp3) is 0.438. The monoisotopic (exact) mass is 257 g/mol. The Bertz CT molecular complexity index is 533. The van der Waals surface area contributed by atoms with Gasteiger partial charge >= 0.3 is 0 Å². The molecule has 0 amide bonds. The van der Waals surface area contributed by atoms with Crippen LogP contribution >= 0.6 is 0 Å². The number of pyridine rings is 1. The minimum absolute atomic E-state index is 0.958.